The van der Waals surface area contributed by atoms with E-state index in [-0.39, 0.29) is 0 Å². The van der Waals surface area contributed by atoms with Gasteiger partial charge in [0.25, 0.3) is 0 Å². The zero-order valence-corrected chi connectivity index (χ0v) is 7.93. The zero-order valence-electron chi connectivity index (χ0n) is 7.11. The molecule has 0 aliphatic heterocycles. The van der Waals surface area contributed by atoms with Crippen LogP contribution in [0.25, 0.3) is 10.2 Å². The summed E-state index contributed by atoms with van der Waals surface area (Å²) in [6, 6.07) is 4.13. The topological polar surface area (TPSA) is 49.6 Å². The Morgan fingerprint density at radius 1 is 1.54 bits per heavy atom. The fourth-order valence-electron chi connectivity index (χ4n) is 1.24. The molecule has 0 saturated heterocycles. The number of hydrogen-bond acceptors (Lipinski definition) is 4. The Morgan fingerprint density at radius 3 is 3.15 bits per heavy atom. The van der Waals surface area contributed by atoms with Crippen LogP contribution in [-0.4, -0.2) is 9.97 Å². The lowest BCUT2D eigenvalue weighted by molar-refractivity contribution is 1.10. The molecule has 2 aromatic heterocycles. The van der Waals surface area contributed by atoms with Gasteiger partial charge in [-0.3, -0.25) is 0 Å². The predicted molar refractivity (Wildman–Crippen MR) is 51.5 cm³/mol. The SMILES string of the molecule is Cc1cc2c(CC#N)ncnc2s1. The molecule has 0 radical (unpaired) electrons. The van der Waals surface area contributed by atoms with E-state index in [0.29, 0.717) is 6.42 Å². The lowest BCUT2D eigenvalue weighted by Crippen LogP contribution is -1.88. The summed E-state index contributed by atoms with van der Waals surface area (Å²) >= 11 is 1.63. The summed E-state index contributed by atoms with van der Waals surface area (Å²) in [6.07, 6.45) is 1.88. The van der Waals surface area contributed by atoms with Gasteiger partial charge in [0.05, 0.1) is 18.2 Å². The first-order valence-electron chi connectivity index (χ1n) is 3.88. The van der Waals surface area contributed by atoms with Gasteiger partial charge >= 0.3 is 0 Å². The standard InChI is InChI=1S/C9H7N3S/c1-6-4-7-8(2-3-10)11-5-12-9(7)13-6/h4-5H,2H2,1H3. The van der Waals surface area contributed by atoms with Crippen molar-refractivity contribution < 1.29 is 0 Å². The second-order valence-electron chi connectivity index (χ2n) is 2.73. The Kier molecular flexibility index (Phi) is 1.95. The Balaban J connectivity index is 2.69. The average molecular weight is 189 g/mol. The fraction of sp³-hybridized carbons (Fsp3) is 0.222. The smallest absolute Gasteiger partial charge is 0.127 e. The van der Waals surface area contributed by atoms with Crippen LogP contribution < -0.4 is 0 Å². The van der Waals surface area contributed by atoms with E-state index in [1.165, 1.54) is 11.2 Å². The second kappa shape index (κ2) is 3.11. The average Bonchev–Trinajstić information content (AvgIpc) is 2.47. The molecule has 3 nitrogen and oxygen atoms in total. The van der Waals surface area contributed by atoms with Gasteiger partial charge in [0.1, 0.15) is 11.2 Å². The molecule has 0 amide bonds. The third kappa shape index (κ3) is 1.38. The molecule has 0 N–H and O–H groups in total. The molecule has 0 aliphatic rings. The minimum Gasteiger partial charge on any atom is -0.240 e. The third-order valence-corrected chi connectivity index (χ3v) is 2.74. The summed E-state index contributed by atoms with van der Waals surface area (Å²) in [5, 5.41) is 9.60. The maximum Gasteiger partial charge on any atom is 0.127 e. The Hall–Kier alpha value is -1.47. The Morgan fingerprint density at radius 2 is 2.38 bits per heavy atom. The van der Waals surface area contributed by atoms with Crippen molar-refractivity contribution in [2.24, 2.45) is 0 Å². The summed E-state index contributed by atoms with van der Waals surface area (Å²) < 4.78 is 0. The van der Waals surface area contributed by atoms with Crippen LogP contribution >= 0.6 is 11.3 Å². The van der Waals surface area contributed by atoms with Crippen LogP contribution in [0.3, 0.4) is 0 Å². The molecule has 2 heterocycles. The first-order valence-corrected chi connectivity index (χ1v) is 4.70. The van der Waals surface area contributed by atoms with E-state index in [1.54, 1.807) is 11.3 Å². The number of thiophene rings is 1. The molecule has 0 spiro atoms. The zero-order chi connectivity index (χ0) is 9.26. The molecule has 0 saturated carbocycles. The van der Waals surface area contributed by atoms with E-state index < -0.39 is 0 Å². The first-order chi connectivity index (χ1) is 6.31. The van der Waals surface area contributed by atoms with Gasteiger partial charge in [-0.2, -0.15) is 5.26 Å². The third-order valence-electron chi connectivity index (χ3n) is 1.78. The van der Waals surface area contributed by atoms with E-state index in [2.05, 4.69) is 16.0 Å². The van der Waals surface area contributed by atoms with Gasteiger partial charge in [-0.1, -0.05) is 0 Å². The van der Waals surface area contributed by atoms with Crippen molar-refractivity contribution in [1.82, 2.24) is 9.97 Å². The molecule has 0 fully saturated rings. The van der Waals surface area contributed by atoms with E-state index in [4.69, 9.17) is 5.26 Å². The minimum absolute atomic E-state index is 0.356. The molecule has 0 unspecified atom stereocenters. The molecule has 0 aromatic carbocycles. The van der Waals surface area contributed by atoms with Crippen LogP contribution in [0, 0.1) is 18.3 Å². The lowest BCUT2D eigenvalue weighted by Gasteiger charge is -1.93. The normalized spacial score (nSPS) is 10.2. The summed E-state index contributed by atoms with van der Waals surface area (Å²) in [5.74, 6) is 0. The summed E-state index contributed by atoms with van der Waals surface area (Å²) in [5.41, 5.74) is 0.830. The maximum atomic E-state index is 8.58. The molecule has 4 heteroatoms. The van der Waals surface area contributed by atoms with E-state index in [0.717, 1.165) is 15.9 Å². The van der Waals surface area contributed by atoms with Gasteiger partial charge in [-0.05, 0) is 13.0 Å². The van der Waals surface area contributed by atoms with Gasteiger partial charge in [0.2, 0.25) is 0 Å². The Bertz CT molecular complexity index is 481. The molecule has 0 aliphatic carbocycles. The highest BCUT2D eigenvalue weighted by molar-refractivity contribution is 7.18. The predicted octanol–water partition coefficient (Wildman–Crippen LogP) is 2.07. The largest absolute Gasteiger partial charge is 0.240 e. The number of hydrogen-bond donors (Lipinski definition) is 0. The quantitative estimate of drug-likeness (QED) is 0.690. The maximum absolute atomic E-state index is 8.58. The van der Waals surface area contributed by atoms with Gasteiger partial charge in [0.15, 0.2) is 0 Å². The summed E-state index contributed by atoms with van der Waals surface area (Å²) in [7, 11) is 0. The molecular formula is C9H7N3S. The van der Waals surface area contributed by atoms with Crippen LogP contribution in [0.2, 0.25) is 0 Å². The highest BCUT2D eigenvalue weighted by Gasteiger charge is 2.05. The van der Waals surface area contributed by atoms with Gasteiger partial charge in [-0.15, -0.1) is 11.3 Å². The van der Waals surface area contributed by atoms with E-state index in [9.17, 15) is 0 Å². The Labute approximate surface area is 79.7 Å². The van der Waals surface area contributed by atoms with Crippen LogP contribution in [0.15, 0.2) is 12.4 Å². The highest BCUT2D eigenvalue weighted by Crippen LogP contribution is 2.24. The van der Waals surface area contributed by atoms with Gasteiger partial charge in [0, 0.05) is 10.3 Å². The molecule has 0 atom stereocenters. The monoisotopic (exact) mass is 189 g/mol. The van der Waals surface area contributed by atoms with Crippen LogP contribution in [0.4, 0.5) is 0 Å². The number of fused-ring (bicyclic) bond motifs is 1. The van der Waals surface area contributed by atoms with Crippen molar-refractivity contribution in [3.05, 3.63) is 23.0 Å². The molecular weight excluding hydrogens is 182 g/mol. The molecule has 13 heavy (non-hydrogen) atoms. The fourth-order valence-corrected chi connectivity index (χ4v) is 2.11. The van der Waals surface area contributed by atoms with Gasteiger partial charge in [-0.25, -0.2) is 9.97 Å². The van der Waals surface area contributed by atoms with Gasteiger partial charge < -0.3 is 0 Å². The van der Waals surface area contributed by atoms with Crippen LogP contribution in [0.5, 0.6) is 0 Å². The minimum atomic E-state index is 0.356. The first kappa shape index (κ1) is 8.14. The van der Waals surface area contributed by atoms with Crippen molar-refractivity contribution in [3.8, 4) is 6.07 Å². The van der Waals surface area contributed by atoms with Crippen LogP contribution in [-0.2, 0) is 6.42 Å². The molecule has 0 bridgehead atoms. The van der Waals surface area contributed by atoms with E-state index in [1.807, 2.05) is 13.0 Å². The van der Waals surface area contributed by atoms with Crippen molar-refractivity contribution in [2.75, 3.05) is 0 Å². The number of aromatic nitrogens is 2. The lowest BCUT2D eigenvalue weighted by atomic mass is 10.2. The number of nitrogens with zero attached hydrogens (tertiary/aromatic N) is 3. The van der Waals surface area contributed by atoms with E-state index >= 15 is 0 Å². The molecule has 64 valence electrons. The van der Waals surface area contributed by atoms with Crippen molar-refractivity contribution in [3.63, 3.8) is 0 Å². The number of rotatable bonds is 1. The summed E-state index contributed by atoms with van der Waals surface area (Å²) in [6.45, 7) is 2.03. The second-order valence-corrected chi connectivity index (χ2v) is 3.97. The van der Waals surface area contributed by atoms with Crippen molar-refractivity contribution in [1.29, 1.82) is 5.26 Å². The molecule has 2 rings (SSSR count). The summed E-state index contributed by atoms with van der Waals surface area (Å²) in [4.78, 5) is 10.4. The van der Waals surface area contributed by atoms with Crippen LogP contribution in [0.1, 0.15) is 10.6 Å². The van der Waals surface area contributed by atoms with Crippen molar-refractivity contribution >= 4 is 21.6 Å². The molecule has 2 aromatic rings. The van der Waals surface area contributed by atoms with Crippen molar-refractivity contribution in [2.45, 2.75) is 13.3 Å². The number of nitriles is 1. The number of aryl methyl sites for hydroxylation is 1. The highest BCUT2D eigenvalue weighted by atomic mass is 32.1.